The minimum Gasteiger partial charge on any atom is -0.342 e. The molecule has 1 saturated heterocycles. The summed E-state index contributed by atoms with van der Waals surface area (Å²) in [6.45, 7) is 4.99. The maximum Gasteiger partial charge on any atom is 0.245 e. The van der Waals surface area contributed by atoms with Gasteiger partial charge in [0.25, 0.3) is 0 Å². The number of carbonyl (C=O) groups excluding carboxylic acids is 1. The van der Waals surface area contributed by atoms with Crippen LogP contribution in [-0.4, -0.2) is 12.6 Å². The third kappa shape index (κ3) is 1.79. The van der Waals surface area contributed by atoms with Crippen LogP contribution in [0, 0.1) is 0 Å². The Balaban J connectivity index is 2.16. The smallest absolute Gasteiger partial charge is 0.245 e. The lowest BCUT2D eigenvalue weighted by molar-refractivity contribution is -0.124. The van der Waals surface area contributed by atoms with E-state index in [4.69, 9.17) is 0 Å². The molecule has 1 aromatic carbocycles. The lowest BCUT2D eigenvalue weighted by Gasteiger charge is -2.34. The number of hydrogen-bond acceptors (Lipinski definition) is 2. The number of rotatable bonds is 2. The molecule has 0 aromatic heterocycles. The predicted octanol–water partition coefficient (Wildman–Crippen LogP) is 2.02. The van der Waals surface area contributed by atoms with Gasteiger partial charge in [-0.3, -0.25) is 10.1 Å². The van der Waals surface area contributed by atoms with Crippen LogP contribution in [0.1, 0.15) is 48.9 Å². The molecule has 3 rings (SSSR count). The normalized spacial score (nSPS) is 25.5. The van der Waals surface area contributed by atoms with Crippen molar-refractivity contribution in [1.29, 1.82) is 0 Å². The maximum atomic E-state index is 12.3. The van der Waals surface area contributed by atoms with Gasteiger partial charge in [0.05, 0.1) is 6.67 Å². The first-order valence-electron chi connectivity index (χ1n) is 7.39. The lowest BCUT2D eigenvalue weighted by atomic mass is 9.75. The van der Waals surface area contributed by atoms with Gasteiger partial charge in [-0.05, 0) is 54.4 Å². The summed E-state index contributed by atoms with van der Waals surface area (Å²) in [5.74, 6) is 0.153. The second-order valence-corrected chi connectivity index (χ2v) is 5.60. The topological polar surface area (TPSA) is 41.1 Å². The Hall–Kier alpha value is -1.35. The van der Waals surface area contributed by atoms with E-state index in [-0.39, 0.29) is 5.91 Å². The van der Waals surface area contributed by atoms with E-state index in [9.17, 15) is 4.79 Å². The Morgan fingerprint density at radius 3 is 2.58 bits per heavy atom. The van der Waals surface area contributed by atoms with Crippen LogP contribution in [0.5, 0.6) is 0 Å². The fourth-order valence-corrected chi connectivity index (χ4v) is 3.61. The third-order valence-electron chi connectivity index (χ3n) is 4.67. The van der Waals surface area contributed by atoms with Gasteiger partial charge in [0.1, 0.15) is 5.54 Å². The minimum absolute atomic E-state index is 0.153. The van der Waals surface area contributed by atoms with Gasteiger partial charge >= 0.3 is 0 Å². The molecule has 2 N–H and O–H groups in total. The van der Waals surface area contributed by atoms with Gasteiger partial charge in [0, 0.05) is 0 Å². The summed E-state index contributed by atoms with van der Waals surface area (Å²) in [5.41, 5.74) is 4.97. The van der Waals surface area contributed by atoms with Gasteiger partial charge < -0.3 is 5.32 Å². The molecule has 1 amide bonds. The summed E-state index contributed by atoms with van der Waals surface area (Å²) in [7, 11) is 0. The number of carbonyl (C=O) groups is 1. The first kappa shape index (κ1) is 12.7. The van der Waals surface area contributed by atoms with E-state index in [1.807, 2.05) is 0 Å². The van der Waals surface area contributed by atoms with Crippen molar-refractivity contribution in [3.05, 3.63) is 34.4 Å². The number of fused-ring (bicyclic) bond motifs is 2. The highest BCUT2D eigenvalue weighted by Crippen LogP contribution is 2.38. The van der Waals surface area contributed by atoms with Gasteiger partial charge in [-0.1, -0.05) is 26.0 Å². The largest absolute Gasteiger partial charge is 0.342 e. The van der Waals surface area contributed by atoms with Crippen molar-refractivity contribution in [2.24, 2.45) is 0 Å². The quantitative estimate of drug-likeness (QED) is 0.852. The molecule has 1 aliphatic carbocycles. The molecule has 1 fully saturated rings. The Morgan fingerprint density at radius 1 is 1.21 bits per heavy atom. The van der Waals surface area contributed by atoms with Crippen molar-refractivity contribution in [2.75, 3.05) is 6.67 Å². The Bertz CT molecular complexity index is 524. The Kier molecular flexibility index (Phi) is 3.09. The molecule has 1 heterocycles. The number of aryl methyl sites for hydroxylation is 3. The molecule has 0 saturated carbocycles. The average Bonchev–Trinajstić information content (AvgIpc) is 2.80. The van der Waals surface area contributed by atoms with E-state index in [2.05, 4.69) is 36.6 Å². The summed E-state index contributed by atoms with van der Waals surface area (Å²) >= 11 is 0. The highest BCUT2D eigenvalue weighted by atomic mass is 16.2. The maximum absolute atomic E-state index is 12.3. The van der Waals surface area contributed by atoms with Crippen LogP contribution in [0.4, 0.5) is 0 Å². The van der Waals surface area contributed by atoms with Crippen LogP contribution >= 0.6 is 0 Å². The SMILES string of the molecule is CCc1cc2c(cc1CC)C1(CCC2)NCNC1=O. The average molecular weight is 258 g/mol. The van der Waals surface area contributed by atoms with Crippen LogP contribution in [0.25, 0.3) is 0 Å². The van der Waals surface area contributed by atoms with E-state index >= 15 is 0 Å². The van der Waals surface area contributed by atoms with Crippen LogP contribution in [0.3, 0.4) is 0 Å². The van der Waals surface area contributed by atoms with Gasteiger partial charge in [-0.15, -0.1) is 0 Å². The van der Waals surface area contributed by atoms with Crippen molar-refractivity contribution < 1.29 is 4.79 Å². The summed E-state index contributed by atoms with van der Waals surface area (Å²) < 4.78 is 0. The predicted molar refractivity (Wildman–Crippen MR) is 76.0 cm³/mol. The van der Waals surface area contributed by atoms with E-state index in [0.29, 0.717) is 6.67 Å². The molecule has 19 heavy (non-hydrogen) atoms. The molecular formula is C16H22N2O. The Morgan fingerprint density at radius 2 is 1.95 bits per heavy atom. The number of hydrogen-bond donors (Lipinski definition) is 2. The lowest BCUT2D eigenvalue weighted by Crippen LogP contribution is -2.46. The standard InChI is InChI=1S/C16H22N2O/c1-3-11-8-13-6-5-7-16(15(19)17-10-18-16)14(13)9-12(11)4-2/h8-9,18H,3-7,10H2,1-2H3,(H,17,19). The molecule has 0 radical (unpaired) electrons. The zero-order chi connectivity index (χ0) is 13.5. The zero-order valence-corrected chi connectivity index (χ0v) is 11.8. The summed E-state index contributed by atoms with van der Waals surface area (Å²) in [6.07, 6.45) is 5.21. The molecule has 1 unspecified atom stereocenters. The molecule has 1 atom stereocenters. The van der Waals surface area contributed by atoms with Crippen molar-refractivity contribution in [2.45, 2.75) is 51.5 Å². The van der Waals surface area contributed by atoms with Gasteiger partial charge in [-0.2, -0.15) is 0 Å². The monoisotopic (exact) mass is 258 g/mol. The third-order valence-corrected chi connectivity index (χ3v) is 4.67. The van der Waals surface area contributed by atoms with Crippen molar-refractivity contribution in [3.8, 4) is 0 Å². The first-order valence-corrected chi connectivity index (χ1v) is 7.39. The second kappa shape index (κ2) is 4.64. The second-order valence-electron chi connectivity index (χ2n) is 5.60. The van der Waals surface area contributed by atoms with E-state index in [1.54, 1.807) is 0 Å². The van der Waals surface area contributed by atoms with E-state index < -0.39 is 5.54 Å². The highest BCUT2D eigenvalue weighted by molar-refractivity contribution is 5.90. The molecule has 1 aliphatic heterocycles. The summed E-state index contributed by atoms with van der Waals surface area (Å²) in [4.78, 5) is 12.3. The van der Waals surface area contributed by atoms with Gasteiger partial charge in [-0.25, -0.2) is 0 Å². The number of amides is 1. The molecule has 3 heteroatoms. The highest BCUT2D eigenvalue weighted by Gasteiger charge is 2.46. The molecule has 0 bridgehead atoms. The van der Waals surface area contributed by atoms with Crippen molar-refractivity contribution >= 4 is 5.91 Å². The van der Waals surface area contributed by atoms with Crippen LogP contribution in [0.15, 0.2) is 12.1 Å². The summed E-state index contributed by atoms with van der Waals surface area (Å²) in [5, 5.41) is 6.34. The van der Waals surface area contributed by atoms with Crippen molar-refractivity contribution in [3.63, 3.8) is 0 Å². The summed E-state index contributed by atoms with van der Waals surface area (Å²) in [6, 6.07) is 4.62. The number of nitrogens with one attached hydrogen (secondary N) is 2. The number of benzene rings is 1. The fourth-order valence-electron chi connectivity index (χ4n) is 3.61. The molecule has 1 aromatic rings. The zero-order valence-electron chi connectivity index (χ0n) is 11.8. The molecular weight excluding hydrogens is 236 g/mol. The first-order chi connectivity index (χ1) is 9.21. The Labute approximate surface area is 114 Å². The van der Waals surface area contributed by atoms with Gasteiger partial charge in [0.2, 0.25) is 5.91 Å². The van der Waals surface area contributed by atoms with Crippen molar-refractivity contribution in [1.82, 2.24) is 10.6 Å². The van der Waals surface area contributed by atoms with E-state index in [1.165, 1.54) is 22.3 Å². The van der Waals surface area contributed by atoms with Crippen LogP contribution < -0.4 is 10.6 Å². The molecule has 1 spiro atoms. The fraction of sp³-hybridized carbons (Fsp3) is 0.562. The minimum atomic E-state index is -0.455. The van der Waals surface area contributed by atoms with Crippen LogP contribution in [0.2, 0.25) is 0 Å². The molecule has 3 nitrogen and oxygen atoms in total. The van der Waals surface area contributed by atoms with E-state index in [0.717, 1.165) is 32.1 Å². The molecule has 102 valence electrons. The van der Waals surface area contributed by atoms with Gasteiger partial charge in [0.15, 0.2) is 0 Å². The molecule has 2 aliphatic rings. The van der Waals surface area contributed by atoms with Crippen LogP contribution in [-0.2, 0) is 29.6 Å².